The molecule has 0 bridgehead atoms. The summed E-state index contributed by atoms with van der Waals surface area (Å²) in [5.41, 5.74) is 0.496. The highest BCUT2D eigenvalue weighted by molar-refractivity contribution is 4.84. The normalized spacial score (nSPS) is 35.8. The zero-order valence-electron chi connectivity index (χ0n) is 9.22. The van der Waals surface area contributed by atoms with Gasteiger partial charge in [0.05, 0.1) is 13.2 Å². The Morgan fingerprint density at radius 2 is 2.14 bits per heavy atom. The summed E-state index contributed by atoms with van der Waals surface area (Å²) in [4.78, 5) is 2.55. The van der Waals surface area contributed by atoms with Gasteiger partial charge in [0, 0.05) is 26.2 Å². The van der Waals surface area contributed by atoms with Gasteiger partial charge in [0.15, 0.2) is 0 Å². The zero-order chi connectivity index (χ0) is 9.86. The van der Waals surface area contributed by atoms with E-state index in [0.717, 1.165) is 26.3 Å². The van der Waals surface area contributed by atoms with E-state index >= 15 is 0 Å². The van der Waals surface area contributed by atoms with E-state index < -0.39 is 0 Å². The molecule has 3 heteroatoms. The molecule has 0 radical (unpaired) electrons. The molecule has 0 spiro atoms. The van der Waals surface area contributed by atoms with Gasteiger partial charge in [0.1, 0.15) is 0 Å². The summed E-state index contributed by atoms with van der Waals surface area (Å²) in [6.07, 6.45) is 2.71. The fourth-order valence-electron chi connectivity index (χ4n) is 2.55. The van der Waals surface area contributed by atoms with Crippen LogP contribution in [0.1, 0.15) is 19.8 Å². The number of morpholine rings is 1. The molecule has 2 saturated heterocycles. The van der Waals surface area contributed by atoms with E-state index in [1.54, 1.807) is 0 Å². The van der Waals surface area contributed by atoms with E-state index in [1.165, 1.54) is 32.5 Å². The Labute approximate surface area is 86.8 Å². The summed E-state index contributed by atoms with van der Waals surface area (Å²) < 4.78 is 5.36. The molecule has 0 aromatic rings. The van der Waals surface area contributed by atoms with E-state index in [4.69, 9.17) is 4.74 Å². The Morgan fingerprint density at radius 3 is 2.79 bits per heavy atom. The number of nitrogens with zero attached hydrogens (tertiary/aromatic N) is 1. The first-order valence-electron chi connectivity index (χ1n) is 5.79. The highest BCUT2D eigenvalue weighted by Crippen LogP contribution is 2.26. The molecule has 0 aromatic carbocycles. The quantitative estimate of drug-likeness (QED) is 0.707. The Bertz CT molecular complexity index is 172. The van der Waals surface area contributed by atoms with Crippen molar-refractivity contribution in [1.29, 1.82) is 0 Å². The average Bonchev–Trinajstić information content (AvgIpc) is 2.19. The Morgan fingerprint density at radius 1 is 1.36 bits per heavy atom. The van der Waals surface area contributed by atoms with Crippen molar-refractivity contribution in [2.24, 2.45) is 5.41 Å². The molecule has 1 unspecified atom stereocenters. The molecule has 2 fully saturated rings. The summed E-state index contributed by atoms with van der Waals surface area (Å²) in [5, 5.41) is 3.51. The number of rotatable bonds is 2. The molecule has 14 heavy (non-hydrogen) atoms. The fourth-order valence-corrected chi connectivity index (χ4v) is 2.55. The minimum atomic E-state index is 0.496. The van der Waals surface area contributed by atoms with Crippen LogP contribution in [0.25, 0.3) is 0 Å². The van der Waals surface area contributed by atoms with Crippen LogP contribution in [-0.2, 0) is 4.74 Å². The van der Waals surface area contributed by atoms with Gasteiger partial charge in [-0.3, -0.25) is 4.90 Å². The molecule has 0 saturated carbocycles. The van der Waals surface area contributed by atoms with E-state index in [-0.39, 0.29) is 0 Å². The minimum absolute atomic E-state index is 0.496. The maximum Gasteiger partial charge on any atom is 0.0594 e. The molecule has 2 heterocycles. The average molecular weight is 198 g/mol. The maximum atomic E-state index is 5.36. The van der Waals surface area contributed by atoms with Gasteiger partial charge in [-0.05, 0) is 24.8 Å². The highest BCUT2D eigenvalue weighted by atomic mass is 16.5. The molecule has 0 aromatic heterocycles. The van der Waals surface area contributed by atoms with Gasteiger partial charge >= 0.3 is 0 Å². The van der Waals surface area contributed by atoms with Crippen molar-refractivity contribution in [3.63, 3.8) is 0 Å². The van der Waals surface area contributed by atoms with Gasteiger partial charge in [-0.2, -0.15) is 0 Å². The van der Waals surface area contributed by atoms with Gasteiger partial charge in [-0.25, -0.2) is 0 Å². The molecule has 82 valence electrons. The minimum Gasteiger partial charge on any atom is -0.379 e. The maximum absolute atomic E-state index is 5.36. The second kappa shape index (κ2) is 4.60. The standard InChI is InChI=1S/C11H22N2O/c1-11(3-2-4-12-9-11)10-13-5-7-14-8-6-13/h12H,2-10H2,1H3. The Balaban J connectivity index is 1.81. The van der Waals surface area contributed by atoms with Crippen LogP contribution in [0.15, 0.2) is 0 Å². The van der Waals surface area contributed by atoms with Gasteiger partial charge < -0.3 is 10.1 Å². The topological polar surface area (TPSA) is 24.5 Å². The van der Waals surface area contributed by atoms with Crippen molar-refractivity contribution in [2.75, 3.05) is 45.9 Å². The monoisotopic (exact) mass is 198 g/mol. The van der Waals surface area contributed by atoms with E-state index in [0.29, 0.717) is 5.41 Å². The smallest absolute Gasteiger partial charge is 0.0594 e. The predicted octanol–water partition coefficient (Wildman–Crippen LogP) is 0.708. The zero-order valence-corrected chi connectivity index (χ0v) is 9.22. The van der Waals surface area contributed by atoms with Crippen molar-refractivity contribution in [3.8, 4) is 0 Å². The van der Waals surface area contributed by atoms with Gasteiger partial charge in [0.25, 0.3) is 0 Å². The SMILES string of the molecule is CC1(CN2CCOCC2)CCCNC1. The molecular formula is C11H22N2O. The summed E-state index contributed by atoms with van der Waals surface area (Å²) in [6.45, 7) is 10.1. The van der Waals surface area contributed by atoms with Crippen molar-refractivity contribution < 1.29 is 4.74 Å². The number of hydrogen-bond acceptors (Lipinski definition) is 3. The summed E-state index contributed by atoms with van der Waals surface area (Å²) in [6, 6.07) is 0. The molecule has 1 atom stereocenters. The van der Waals surface area contributed by atoms with E-state index in [9.17, 15) is 0 Å². The lowest BCUT2D eigenvalue weighted by atomic mass is 9.82. The molecule has 1 N–H and O–H groups in total. The third-order valence-electron chi connectivity index (χ3n) is 3.39. The van der Waals surface area contributed by atoms with Gasteiger partial charge in [0.2, 0.25) is 0 Å². The molecule has 0 amide bonds. The van der Waals surface area contributed by atoms with Crippen LogP contribution in [0.5, 0.6) is 0 Å². The van der Waals surface area contributed by atoms with Gasteiger partial charge in [-0.15, -0.1) is 0 Å². The van der Waals surface area contributed by atoms with Crippen LogP contribution < -0.4 is 5.32 Å². The van der Waals surface area contributed by atoms with Crippen molar-refractivity contribution in [1.82, 2.24) is 10.2 Å². The lowest BCUT2D eigenvalue weighted by Gasteiger charge is -2.39. The largest absolute Gasteiger partial charge is 0.379 e. The summed E-state index contributed by atoms with van der Waals surface area (Å²) >= 11 is 0. The number of piperidine rings is 1. The van der Waals surface area contributed by atoms with E-state index in [1.807, 2.05) is 0 Å². The lowest BCUT2D eigenvalue weighted by Crippen LogP contribution is -2.48. The molecule has 2 aliphatic heterocycles. The third-order valence-corrected chi connectivity index (χ3v) is 3.39. The first-order valence-corrected chi connectivity index (χ1v) is 5.79. The molecular weight excluding hydrogens is 176 g/mol. The summed E-state index contributed by atoms with van der Waals surface area (Å²) in [5.74, 6) is 0. The van der Waals surface area contributed by atoms with Crippen LogP contribution in [0, 0.1) is 5.41 Å². The van der Waals surface area contributed by atoms with Crippen LogP contribution >= 0.6 is 0 Å². The van der Waals surface area contributed by atoms with Crippen molar-refractivity contribution >= 4 is 0 Å². The number of ether oxygens (including phenoxy) is 1. The molecule has 2 aliphatic rings. The molecule has 2 rings (SSSR count). The Kier molecular flexibility index (Phi) is 3.42. The third kappa shape index (κ3) is 2.69. The van der Waals surface area contributed by atoms with Crippen LogP contribution in [0.3, 0.4) is 0 Å². The van der Waals surface area contributed by atoms with Crippen LogP contribution in [0.2, 0.25) is 0 Å². The first-order chi connectivity index (χ1) is 6.79. The van der Waals surface area contributed by atoms with Crippen LogP contribution in [-0.4, -0.2) is 50.8 Å². The van der Waals surface area contributed by atoms with E-state index in [2.05, 4.69) is 17.1 Å². The lowest BCUT2D eigenvalue weighted by molar-refractivity contribution is 0.0143. The molecule has 0 aliphatic carbocycles. The second-order valence-electron chi connectivity index (χ2n) is 4.98. The number of nitrogens with one attached hydrogen (secondary N) is 1. The Hall–Kier alpha value is -0.120. The highest BCUT2D eigenvalue weighted by Gasteiger charge is 2.29. The van der Waals surface area contributed by atoms with Crippen molar-refractivity contribution in [3.05, 3.63) is 0 Å². The van der Waals surface area contributed by atoms with Crippen LogP contribution in [0.4, 0.5) is 0 Å². The fraction of sp³-hybridized carbons (Fsp3) is 1.00. The van der Waals surface area contributed by atoms with Crippen molar-refractivity contribution in [2.45, 2.75) is 19.8 Å². The number of hydrogen-bond donors (Lipinski definition) is 1. The second-order valence-corrected chi connectivity index (χ2v) is 4.98. The van der Waals surface area contributed by atoms with Gasteiger partial charge in [-0.1, -0.05) is 6.92 Å². The molecule has 3 nitrogen and oxygen atoms in total. The summed E-state index contributed by atoms with van der Waals surface area (Å²) in [7, 11) is 0. The predicted molar refractivity (Wildman–Crippen MR) is 57.5 cm³/mol. The first kappa shape index (κ1) is 10.4.